The standard InChI is InChI=1S/C9H19NO/c1-8(2)6-5-7-9(3)10(4)11/h6,9,11H,5,7H2,1-4H3. The second-order valence-electron chi connectivity index (χ2n) is 3.28. The molecule has 0 saturated heterocycles. The SMILES string of the molecule is CC(C)=CCCC(C)N(C)O. The Morgan fingerprint density at radius 3 is 2.45 bits per heavy atom. The van der Waals surface area contributed by atoms with Crippen LogP contribution in [0.5, 0.6) is 0 Å². The lowest BCUT2D eigenvalue weighted by molar-refractivity contribution is -0.0983. The number of nitrogens with zero attached hydrogens (tertiary/aromatic N) is 1. The summed E-state index contributed by atoms with van der Waals surface area (Å²) >= 11 is 0. The number of allylic oxidation sites excluding steroid dienone is 2. The molecule has 0 saturated carbocycles. The maximum Gasteiger partial charge on any atom is 0.0321 e. The lowest BCUT2D eigenvalue weighted by atomic mass is 10.1. The van der Waals surface area contributed by atoms with Gasteiger partial charge in [0.25, 0.3) is 0 Å². The molecule has 66 valence electrons. The number of hydrogen-bond acceptors (Lipinski definition) is 2. The van der Waals surface area contributed by atoms with Crippen molar-refractivity contribution in [3.63, 3.8) is 0 Å². The van der Waals surface area contributed by atoms with Crippen molar-refractivity contribution in [3.8, 4) is 0 Å². The van der Waals surface area contributed by atoms with Crippen LogP contribution in [0.1, 0.15) is 33.6 Å². The fourth-order valence-corrected chi connectivity index (χ4v) is 0.800. The van der Waals surface area contributed by atoms with Gasteiger partial charge in [0.2, 0.25) is 0 Å². The molecule has 0 spiro atoms. The largest absolute Gasteiger partial charge is 0.314 e. The Hall–Kier alpha value is -0.340. The minimum Gasteiger partial charge on any atom is -0.314 e. The van der Waals surface area contributed by atoms with Crippen LogP contribution < -0.4 is 0 Å². The topological polar surface area (TPSA) is 23.5 Å². The van der Waals surface area contributed by atoms with Gasteiger partial charge < -0.3 is 5.21 Å². The normalized spacial score (nSPS) is 13.3. The van der Waals surface area contributed by atoms with E-state index in [0.29, 0.717) is 0 Å². The molecule has 0 heterocycles. The third-order valence-corrected chi connectivity index (χ3v) is 1.77. The van der Waals surface area contributed by atoms with Gasteiger partial charge in [0, 0.05) is 13.1 Å². The van der Waals surface area contributed by atoms with E-state index in [2.05, 4.69) is 19.9 Å². The van der Waals surface area contributed by atoms with Gasteiger partial charge in [0.1, 0.15) is 0 Å². The zero-order valence-corrected chi connectivity index (χ0v) is 7.96. The van der Waals surface area contributed by atoms with Gasteiger partial charge >= 0.3 is 0 Å². The monoisotopic (exact) mass is 157 g/mol. The first-order valence-electron chi connectivity index (χ1n) is 4.09. The summed E-state index contributed by atoms with van der Waals surface area (Å²) in [6.07, 6.45) is 4.26. The number of hydroxylamine groups is 2. The molecule has 0 aromatic heterocycles. The van der Waals surface area contributed by atoms with Gasteiger partial charge in [0.05, 0.1) is 0 Å². The van der Waals surface area contributed by atoms with Gasteiger partial charge in [-0.3, -0.25) is 0 Å². The highest BCUT2D eigenvalue weighted by Gasteiger charge is 2.03. The summed E-state index contributed by atoms with van der Waals surface area (Å²) in [6.45, 7) is 6.19. The summed E-state index contributed by atoms with van der Waals surface area (Å²) in [5.41, 5.74) is 1.35. The Balaban J connectivity index is 3.47. The molecule has 1 N–H and O–H groups in total. The Bertz CT molecular complexity index is 126. The van der Waals surface area contributed by atoms with E-state index in [1.165, 1.54) is 10.6 Å². The second kappa shape index (κ2) is 5.33. The summed E-state index contributed by atoms with van der Waals surface area (Å²) in [5.74, 6) is 0. The van der Waals surface area contributed by atoms with Crippen LogP contribution in [0.4, 0.5) is 0 Å². The van der Waals surface area contributed by atoms with Gasteiger partial charge in [-0.15, -0.1) is 0 Å². The van der Waals surface area contributed by atoms with Crippen LogP contribution in [-0.2, 0) is 0 Å². The maximum atomic E-state index is 9.00. The van der Waals surface area contributed by atoms with Gasteiger partial charge in [-0.1, -0.05) is 11.6 Å². The average Bonchev–Trinajstić information content (AvgIpc) is 1.86. The number of rotatable bonds is 4. The Labute approximate surface area is 69.5 Å². The molecule has 0 aromatic rings. The average molecular weight is 157 g/mol. The van der Waals surface area contributed by atoms with E-state index in [-0.39, 0.29) is 6.04 Å². The molecule has 0 aliphatic carbocycles. The summed E-state index contributed by atoms with van der Waals surface area (Å²) in [5, 5.41) is 10.3. The van der Waals surface area contributed by atoms with Gasteiger partial charge in [-0.25, -0.2) is 0 Å². The van der Waals surface area contributed by atoms with Crippen molar-refractivity contribution in [1.29, 1.82) is 0 Å². The zero-order chi connectivity index (χ0) is 8.85. The van der Waals surface area contributed by atoms with Crippen LogP contribution in [0.15, 0.2) is 11.6 Å². The summed E-state index contributed by atoms with van der Waals surface area (Å²) in [7, 11) is 1.69. The minimum absolute atomic E-state index is 0.255. The van der Waals surface area contributed by atoms with E-state index in [1.807, 2.05) is 6.92 Å². The summed E-state index contributed by atoms with van der Waals surface area (Å²) in [4.78, 5) is 0. The molecule has 0 aliphatic rings. The highest BCUT2D eigenvalue weighted by molar-refractivity contribution is 4.92. The molecule has 1 unspecified atom stereocenters. The van der Waals surface area contributed by atoms with E-state index >= 15 is 0 Å². The highest BCUT2D eigenvalue weighted by Crippen LogP contribution is 2.04. The van der Waals surface area contributed by atoms with Crippen LogP contribution >= 0.6 is 0 Å². The minimum atomic E-state index is 0.255. The summed E-state index contributed by atoms with van der Waals surface area (Å²) in [6, 6.07) is 0.255. The molecule has 0 aliphatic heterocycles. The molecule has 2 nitrogen and oxygen atoms in total. The first kappa shape index (κ1) is 10.7. The van der Waals surface area contributed by atoms with E-state index in [0.717, 1.165) is 12.8 Å². The van der Waals surface area contributed by atoms with Gasteiger partial charge in [-0.2, -0.15) is 5.06 Å². The predicted octanol–water partition coefficient (Wildman–Crippen LogP) is 2.44. The molecule has 0 amide bonds. The van der Waals surface area contributed by atoms with E-state index in [9.17, 15) is 0 Å². The third-order valence-electron chi connectivity index (χ3n) is 1.77. The molecule has 0 bridgehead atoms. The zero-order valence-electron chi connectivity index (χ0n) is 7.96. The predicted molar refractivity (Wildman–Crippen MR) is 47.7 cm³/mol. The molecule has 1 atom stereocenters. The smallest absolute Gasteiger partial charge is 0.0321 e. The molecule has 0 rings (SSSR count). The molecule has 11 heavy (non-hydrogen) atoms. The molecular formula is C9H19NO. The Morgan fingerprint density at radius 2 is 2.09 bits per heavy atom. The van der Waals surface area contributed by atoms with Crippen molar-refractivity contribution >= 4 is 0 Å². The first-order chi connectivity index (χ1) is 5.04. The fraction of sp³-hybridized carbons (Fsp3) is 0.778. The van der Waals surface area contributed by atoms with Crippen LogP contribution in [0.2, 0.25) is 0 Å². The van der Waals surface area contributed by atoms with Crippen LogP contribution in [-0.4, -0.2) is 23.4 Å². The van der Waals surface area contributed by atoms with Crippen molar-refractivity contribution in [3.05, 3.63) is 11.6 Å². The van der Waals surface area contributed by atoms with Gasteiger partial charge in [0.15, 0.2) is 0 Å². The lowest BCUT2D eigenvalue weighted by Gasteiger charge is -2.16. The number of hydrogen-bond donors (Lipinski definition) is 1. The second-order valence-corrected chi connectivity index (χ2v) is 3.28. The molecule has 0 aromatic carbocycles. The van der Waals surface area contributed by atoms with Crippen LogP contribution in [0.25, 0.3) is 0 Å². The van der Waals surface area contributed by atoms with E-state index in [1.54, 1.807) is 7.05 Å². The van der Waals surface area contributed by atoms with Crippen molar-refractivity contribution in [2.75, 3.05) is 7.05 Å². The van der Waals surface area contributed by atoms with Crippen molar-refractivity contribution in [2.24, 2.45) is 0 Å². The highest BCUT2D eigenvalue weighted by atomic mass is 16.5. The molecule has 0 radical (unpaired) electrons. The molecular weight excluding hydrogens is 138 g/mol. The quantitative estimate of drug-likeness (QED) is 0.500. The first-order valence-corrected chi connectivity index (χ1v) is 4.09. The Morgan fingerprint density at radius 1 is 1.55 bits per heavy atom. The van der Waals surface area contributed by atoms with Crippen molar-refractivity contribution in [1.82, 2.24) is 5.06 Å². The Kier molecular flexibility index (Phi) is 5.16. The third kappa shape index (κ3) is 6.07. The van der Waals surface area contributed by atoms with Crippen LogP contribution in [0.3, 0.4) is 0 Å². The maximum absolute atomic E-state index is 9.00. The van der Waals surface area contributed by atoms with Crippen molar-refractivity contribution < 1.29 is 5.21 Å². The van der Waals surface area contributed by atoms with E-state index < -0.39 is 0 Å². The van der Waals surface area contributed by atoms with E-state index in [4.69, 9.17) is 5.21 Å². The van der Waals surface area contributed by atoms with Crippen LogP contribution in [0, 0.1) is 0 Å². The fourth-order valence-electron chi connectivity index (χ4n) is 0.800. The lowest BCUT2D eigenvalue weighted by Crippen LogP contribution is -2.24. The summed E-state index contributed by atoms with van der Waals surface area (Å²) < 4.78 is 0. The van der Waals surface area contributed by atoms with Crippen molar-refractivity contribution in [2.45, 2.75) is 39.7 Å². The molecule has 2 heteroatoms. The van der Waals surface area contributed by atoms with Gasteiger partial charge in [-0.05, 0) is 33.6 Å². The molecule has 0 fully saturated rings.